The third kappa shape index (κ3) is 7.30. The second kappa shape index (κ2) is 11.7. The number of allylic oxidation sites excluding steroid dienone is 1. The molecule has 0 spiro atoms. The molecule has 2 aliphatic heterocycles. The van der Waals surface area contributed by atoms with Crippen LogP contribution < -0.4 is 11.1 Å². The molecule has 0 bridgehead atoms. The largest absolute Gasteiger partial charge is 0.404 e. The lowest BCUT2D eigenvalue weighted by atomic mass is 9.96. The van der Waals surface area contributed by atoms with Gasteiger partial charge in [0.05, 0.1) is 23.2 Å². The number of sulfonamides is 1. The van der Waals surface area contributed by atoms with Crippen LogP contribution in [-0.4, -0.2) is 64.7 Å². The highest BCUT2D eigenvalue weighted by Crippen LogP contribution is 2.30. The van der Waals surface area contributed by atoms with Crippen molar-refractivity contribution in [2.24, 2.45) is 10.1 Å². The first-order chi connectivity index (χ1) is 18.4. The van der Waals surface area contributed by atoms with Gasteiger partial charge in [-0.1, -0.05) is 6.07 Å². The molecule has 3 heterocycles. The fraction of sp³-hybridized carbons (Fsp3) is 0.429. The summed E-state index contributed by atoms with van der Waals surface area (Å²) < 4.78 is 26.3. The second-order valence-corrected chi connectivity index (χ2v) is 12.2. The van der Waals surface area contributed by atoms with E-state index in [0.717, 1.165) is 49.1 Å². The molecule has 4 rings (SSSR count). The van der Waals surface area contributed by atoms with Crippen LogP contribution >= 0.6 is 0 Å². The molecule has 208 valence electrons. The maximum atomic E-state index is 13.2. The number of fused-ring (bicyclic) bond motifs is 1. The van der Waals surface area contributed by atoms with Gasteiger partial charge in [0.25, 0.3) is 5.91 Å². The number of hydrogen-bond donors (Lipinski definition) is 2. The summed E-state index contributed by atoms with van der Waals surface area (Å²) in [4.78, 5) is 26.8. The van der Waals surface area contributed by atoms with E-state index in [1.165, 1.54) is 29.5 Å². The third-order valence-electron chi connectivity index (χ3n) is 7.02. The molecule has 2 atom stereocenters. The van der Waals surface area contributed by atoms with E-state index in [2.05, 4.69) is 51.6 Å². The number of benzene rings is 1. The summed E-state index contributed by atoms with van der Waals surface area (Å²) in [5.41, 5.74) is 11.8. The number of likely N-dealkylation sites (tertiary alicyclic amines) is 1. The number of aryl methyl sites for hydroxylation is 2. The number of nitrogens with two attached hydrogens (primary N) is 1. The van der Waals surface area contributed by atoms with E-state index in [-0.39, 0.29) is 17.7 Å². The van der Waals surface area contributed by atoms with Gasteiger partial charge in [0.2, 0.25) is 16.0 Å². The van der Waals surface area contributed by atoms with Gasteiger partial charge in [0, 0.05) is 55.4 Å². The van der Waals surface area contributed by atoms with Crippen LogP contribution in [0.1, 0.15) is 49.1 Å². The van der Waals surface area contributed by atoms with Gasteiger partial charge in [-0.15, -0.1) is 0 Å². The fourth-order valence-electron chi connectivity index (χ4n) is 5.32. The first-order valence-corrected chi connectivity index (χ1v) is 14.9. The minimum absolute atomic E-state index is 0.0157. The molecule has 2 aliphatic rings. The zero-order valence-electron chi connectivity index (χ0n) is 23.2. The predicted octanol–water partition coefficient (Wildman–Crippen LogP) is 3.35. The van der Waals surface area contributed by atoms with Crippen molar-refractivity contribution in [3.05, 3.63) is 70.7 Å². The molecule has 1 amide bonds. The van der Waals surface area contributed by atoms with E-state index >= 15 is 0 Å². The van der Waals surface area contributed by atoms with E-state index in [0.29, 0.717) is 24.1 Å². The lowest BCUT2D eigenvalue weighted by molar-refractivity contribution is -0.131. The highest BCUT2D eigenvalue weighted by atomic mass is 32.2. The SMILES string of the molecule is CC(C=CC(=CN)C(=O)N1CC[C@@H](N2Cc3cnc(Nc4cc(C)cc(C)c4)nc3C2)C[C@H]1C)=NS(C)(=O)=O. The van der Waals surface area contributed by atoms with Gasteiger partial charge in [-0.2, -0.15) is 4.40 Å². The normalized spacial score (nSPS) is 20.9. The molecule has 3 N–H and O–H groups in total. The topological polar surface area (TPSA) is 134 Å². The van der Waals surface area contributed by atoms with Crippen LogP contribution in [0.4, 0.5) is 11.6 Å². The van der Waals surface area contributed by atoms with Gasteiger partial charge in [-0.3, -0.25) is 9.69 Å². The molecule has 0 radical (unpaired) electrons. The molecule has 1 fully saturated rings. The van der Waals surface area contributed by atoms with Crippen LogP contribution in [0.3, 0.4) is 0 Å². The Balaban J connectivity index is 1.37. The summed E-state index contributed by atoms with van der Waals surface area (Å²) in [6, 6.07) is 6.63. The van der Waals surface area contributed by atoms with Gasteiger partial charge in [0.15, 0.2) is 0 Å². The standard InChI is InChI=1S/C28H37N7O3S/c1-18-10-19(2)12-24(11-18)31-28-30-15-23-16-34(17-26(23)32-28)25-8-9-35(21(4)13-25)27(36)22(14-29)7-6-20(3)33-39(5,37)38/h6-7,10-12,14-15,21,25H,8-9,13,16-17,29H2,1-5H3,(H,30,31,32)/t21-,25-/m1/s1. The molecule has 1 aromatic carbocycles. The van der Waals surface area contributed by atoms with E-state index in [9.17, 15) is 13.2 Å². The average Bonchev–Trinajstić information content (AvgIpc) is 3.26. The maximum absolute atomic E-state index is 13.2. The number of amides is 1. The molecule has 10 nitrogen and oxygen atoms in total. The highest BCUT2D eigenvalue weighted by Gasteiger charge is 2.35. The first-order valence-electron chi connectivity index (χ1n) is 13.0. The second-order valence-electron chi connectivity index (χ2n) is 10.5. The molecule has 39 heavy (non-hydrogen) atoms. The predicted molar refractivity (Wildman–Crippen MR) is 154 cm³/mol. The molecule has 0 saturated carbocycles. The Morgan fingerprint density at radius 3 is 2.54 bits per heavy atom. The van der Waals surface area contributed by atoms with Crippen molar-refractivity contribution in [1.29, 1.82) is 0 Å². The Morgan fingerprint density at radius 1 is 1.18 bits per heavy atom. The maximum Gasteiger partial charge on any atom is 0.255 e. The lowest BCUT2D eigenvalue weighted by Crippen LogP contribution is -2.50. The molecular formula is C28H37N7O3S. The van der Waals surface area contributed by atoms with E-state index < -0.39 is 10.0 Å². The van der Waals surface area contributed by atoms with Crippen LogP contribution in [0, 0.1) is 13.8 Å². The lowest BCUT2D eigenvalue weighted by Gasteiger charge is -2.41. The molecule has 2 aromatic rings. The minimum atomic E-state index is -3.51. The summed E-state index contributed by atoms with van der Waals surface area (Å²) in [7, 11) is -3.51. The number of hydrogen-bond acceptors (Lipinski definition) is 8. The van der Waals surface area contributed by atoms with Crippen molar-refractivity contribution < 1.29 is 13.2 Å². The summed E-state index contributed by atoms with van der Waals surface area (Å²) in [6.45, 7) is 9.89. The van der Waals surface area contributed by atoms with Gasteiger partial charge < -0.3 is 16.0 Å². The van der Waals surface area contributed by atoms with Crippen molar-refractivity contribution in [3.8, 4) is 0 Å². The van der Waals surface area contributed by atoms with Crippen molar-refractivity contribution >= 4 is 33.3 Å². The molecule has 0 aliphatic carbocycles. The number of nitrogens with zero attached hydrogens (tertiary/aromatic N) is 5. The van der Waals surface area contributed by atoms with E-state index in [1.54, 1.807) is 6.92 Å². The van der Waals surface area contributed by atoms with E-state index in [4.69, 9.17) is 10.7 Å². The number of carbonyl (C=O) groups excluding carboxylic acids is 1. The average molecular weight is 552 g/mol. The van der Waals surface area contributed by atoms with Gasteiger partial charge in [-0.05, 0) is 75.9 Å². The summed E-state index contributed by atoms with van der Waals surface area (Å²) >= 11 is 0. The van der Waals surface area contributed by atoms with Crippen LogP contribution in [0.2, 0.25) is 0 Å². The van der Waals surface area contributed by atoms with Crippen LogP contribution in [0.15, 0.2) is 52.7 Å². The molecule has 1 saturated heterocycles. The Bertz CT molecular complexity index is 1430. The van der Waals surface area contributed by atoms with Crippen molar-refractivity contribution in [3.63, 3.8) is 0 Å². The number of aromatic nitrogens is 2. The number of carbonyl (C=O) groups is 1. The zero-order chi connectivity index (χ0) is 28.3. The summed E-state index contributed by atoms with van der Waals surface area (Å²) in [5, 5.41) is 3.34. The highest BCUT2D eigenvalue weighted by molar-refractivity contribution is 7.89. The molecule has 11 heteroatoms. The number of rotatable bonds is 7. The number of piperidine rings is 1. The minimum Gasteiger partial charge on any atom is -0.404 e. The van der Waals surface area contributed by atoms with Crippen molar-refractivity contribution in [2.45, 2.75) is 65.7 Å². The molecule has 0 unspecified atom stereocenters. The van der Waals surface area contributed by atoms with E-state index in [1.807, 2.05) is 18.0 Å². The monoisotopic (exact) mass is 551 g/mol. The Morgan fingerprint density at radius 2 is 1.90 bits per heavy atom. The Kier molecular flexibility index (Phi) is 8.51. The third-order valence-corrected chi connectivity index (χ3v) is 7.64. The van der Waals surface area contributed by atoms with Gasteiger partial charge >= 0.3 is 0 Å². The Labute approximate surface area is 230 Å². The van der Waals surface area contributed by atoms with Gasteiger partial charge in [-0.25, -0.2) is 18.4 Å². The van der Waals surface area contributed by atoms with Crippen molar-refractivity contribution in [1.82, 2.24) is 19.8 Å². The number of anilines is 2. The molecular weight excluding hydrogens is 514 g/mol. The fourth-order valence-corrected chi connectivity index (χ4v) is 5.90. The summed E-state index contributed by atoms with van der Waals surface area (Å²) in [5.74, 6) is 0.421. The van der Waals surface area contributed by atoms with Crippen molar-refractivity contribution in [2.75, 3.05) is 18.1 Å². The zero-order valence-corrected chi connectivity index (χ0v) is 24.0. The van der Waals surface area contributed by atoms with Crippen LogP contribution in [-0.2, 0) is 27.9 Å². The quantitative estimate of drug-likeness (QED) is 0.304. The number of nitrogens with one attached hydrogen (secondary N) is 1. The molecule has 1 aromatic heterocycles. The van der Waals surface area contributed by atoms with Gasteiger partial charge in [0.1, 0.15) is 0 Å². The first kappa shape index (κ1) is 28.4. The van der Waals surface area contributed by atoms with Crippen LogP contribution in [0.5, 0.6) is 0 Å². The Hall–Kier alpha value is -3.57. The summed E-state index contributed by atoms with van der Waals surface area (Å²) in [6.07, 6.45) is 8.86. The van der Waals surface area contributed by atoms with Crippen LogP contribution in [0.25, 0.3) is 0 Å². The smallest absolute Gasteiger partial charge is 0.255 e.